The van der Waals surface area contributed by atoms with Crippen molar-refractivity contribution in [1.82, 2.24) is 5.32 Å². The topological polar surface area (TPSA) is 95.9 Å². The van der Waals surface area contributed by atoms with Gasteiger partial charge in [-0.15, -0.1) is 0 Å². The summed E-state index contributed by atoms with van der Waals surface area (Å²) in [5, 5.41) is 23.3. The van der Waals surface area contributed by atoms with E-state index in [2.05, 4.69) is 43.5 Å². The van der Waals surface area contributed by atoms with Crippen LogP contribution in [0.3, 0.4) is 0 Å². The lowest BCUT2D eigenvalue weighted by Crippen LogP contribution is -2.45. The number of amides is 1. The molecule has 0 saturated heterocycles. The van der Waals surface area contributed by atoms with Gasteiger partial charge in [-0.05, 0) is 83.5 Å². The molecule has 0 saturated carbocycles. The van der Waals surface area contributed by atoms with Crippen LogP contribution in [0.1, 0.15) is 406 Å². The van der Waals surface area contributed by atoms with Crippen LogP contribution in [0.25, 0.3) is 0 Å². The Morgan fingerprint density at radius 2 is 0.580 bits per heavy atom. The number of ether oxygens (including phenoxy) is 1. The number of hydrogen-bond acceptors (Lipinski definition) is 5. The molecule has 2 atom stereocenters. The molecule has 0 aromatic rings. The van der Waals surface area contributed by atoms with Crippen molar-refractivity contribution in [3.05, 3.63) is 36.5 Å². The summed E-state index contributed by atoms with van der Waals surface area (Å²) < 4.78 is 5.47. The van der Waals surface area contributed by atoms with Crippen LogP contribution in [-0.2, 0) is 14.3 Å². The second kappa shape index (κ2) is 70.6. The van der Waals surface area contributed by atoms with Gasteiger partial charge in [0.05, 0.1) is 25.4 Å². The Balaban J connectivity index is 3.42. The average Bonchev–Trinajstić information content (AvgIpc) is 3.47. The number of rotatable bonds is 69. The maximum Gasteiger partial charge on any atom is 0.305 e. The summed E-state index contributed by atoms with van der Waals surface area (Å²) in [7, 11) is 0. The first-order chi connectivity index (χ1) is 40.0. The Labute approximate surface area is 506 Å². The summed E-state index contributed by atoms with van der Waals surface area (Å²) >= 11 is 0. The van der Waals surface area contributed by atoms with Gasteiger partial charge < -0.3 is 20.3 Å². The molecule has 0 aliphatic carbocycles. The third-order valence-corrected chi connectivity index (χ3v) is 17.1. The SMILES string of the molecule is CCCCC/C=C\CCCCCCCC(=O)OCCCCCCCCCCCCCC/C=C\CCCCCCCCCCCCCC(=O)NC(CO)C(O)/C=C/CCCCCCCCCCCCCCCCCCCCCCCCC. The molecule has 0 bridgehead atoms. The van der Waals surface area contributed by atoms with Crippen molar-refractivity contribution >= 4 is 11.9 Å². The van der Waals surface area contributed by atoms with Gasteiger partial charge in [0.15, 0.2) is 0 Å². The van der Waals surface area contributed by atoms with E-state index < -0.39 is 12.1 Å². The molecular weight excluding hydrogens is 995 g/mol. The standard InChI is InChI=1S/C75H143NO5/c1-3-5-7-9-11-13-15-17-18-19-20-21-22-26-29-32-35-38-41-44-47-51-55-59-63-67-73(78)72(71-77)76-74(79)68-64-60-56-52-48-45-42-39-36-33-30-27-24-23-25-28-31-34-37-40-43-46-50-54-58-62-66-70-81-75(80)69-65-61-57-53-49-16-14-12-10-8-6-4-2/h12,14,23-24,63,67,72-73,77-78H,3-11,13,15-22,25-62,64-66,68-71H2,1-2H3,(H,76,79)/b14-12-,24-23-,67-63+. The summed E-state index contributed by atoms with van der Waals surface area (Å²) in [6.45, 7) is 4.91. The minimum absolute atomic E-state index is 0.00510. The number of aliphatic hydroxyl groups excluding tert-OH is 2. The van der Waals surface area contributed by atoms with Gasteiger partial charge in [0, 0.05) is 12.8 Å². The van der Waals surface area contributed by atoms with Crippen LogP contribution in [-0.4, -0.2) is 47.4 Å². The molecule has 0 aromatic carbocycles. The third-order valence-electron chi connectivity index (χ3n) is 17.1. The Kier molecular flexibility index (Phi) is 68.9. The molecule has 0 spiro atoms. The van der Waals surface area contributed by atoms with Gasteiger partial charge in [0.2, 0.25) is 5.91 Å². The summed E-state index contributed by atoms with van der Waals surface area (Å²) in [5.74, 6) is -0.0594. The highest BCUT2D eigenvalue weighted by Gasteiger charge is 2.18. The van der Waals surface area contributed by atoms with Crippen molar-refractivity contribution < 1.29 is 24.5 Å². The van der Waals surface area contributed by atoms with E-state index in [0.717, 1.165) is 44.9 Å². The van der Waals surface area contributed by atoms with Crippen molar-refractivity contribution in [2.75, 3.05) is 13.2 Å². The highest BCUT2D eigenvalue weighted by Crippen LogP contribution is 2.19. The van der Waals surface area contributed by atoms with E-state index in [1.807, 2.05) is 6.08 Å². The molecule has 0 rings (SSSR count). The monoisotopic (exact) mass is 1140 g/mol. The summed E-state index contributed by atoms with van der Waals surface area (Å²) in [4.78, 5) is 24.6. The predicted octanol–water partition coefficient (Wildman–Crippen LogP) is 23.9. The molecule has 1 amide bonds. The summed E-state index contributed by atoms with van der Waals surface area (Å²) in [6.07, 6.45) is 90.9. The van der Waals surface area contributed by atoms with Gasteiger partial charge in [-0.2, -0.15) is 0 Å². The zero-order valence-electron chi connectivity index (χ0n) is 54.8. The lowest BCUT2D eigenvalue weighted by atomic mass is 10.0. The fraction of sp³-hybridized carbons (Fsp3) is 0.893. The first-order valence-corrected chi connectivity index (χ1v) is 36.8. The van der Waals surface area contributed by atoms with E-state index in [1.54, 1.807) is 6.08 Å². The van der Waals surface area contributed by atoms with Crippen LogP contribution >= 0.6 is 0 Å². The fourth-order valence-corrected chi connectivity index (χ4v) is 11.5. The third kappa shape index (κ3) is 67.1. The molecule has 0 radical (unpaired) electrons. The molecule has 3 N–H and O–H groups in total. The van der Waals surface area contributed by atoms with Gasteiger partial charge in [-0.25, -0.2) is 0 Å². The average molecular weight is 1140 g/mol. The predicted molar refractivity (Wildman–Crippen MR) is 356 cm³/mol. The largest absolute Gasteiger partial charge is 0.466 e. The minimum atomic E-state index is -0.847. The van der Waals surface area contributed by atoms with Crippen LogP contribution in [0.5, 0.6) is 0 Å². The second-order valence-electron chi connectivity index (χ2n) is 25.3. The molecule has 0 fully saturated rings. The molecule has 81 heavy (non-hydrogen) atoms. The number of hydrogen-bond donors (Lipinski definition) is 3. The number of aliphatic hydroxyl groups is 2. The van der Waals surface area contributed by atoms with Crippen LogP contribution in [0, 0.1) is 0 Å². The van der Waals surface area contributed by atoms with E-state index in [4.69, 9.17) is 4.74 Å². The number of nitrogens with one attached hydrogen (secondary N) is 1. The zero-order chi connectivity index (χ0) is 58.5. The molecule has 0 aromatic heterocycles. The van der Waals surface area contributed by atoms with Gasteiger partial charge in [-0.3, -0.25) is 9.59 Å². The van der Waals surface area contributed by atoms with Crippen LogP contribution in [0.2, 0.25) is 0 Å². The minimum Gasteiger partial charge on any atom is -0.466 e. The van der Waals surface area contributed by atoms with Crippen molar-refractivity contribution in [2.45, 2.75) is 418 Å². The van der Waals surface area contributed by atoms with E-state index in [1.165, 1.54) is 334 Å². The highest BCUT2D eigenvalue weighted by molar-refractivity contribution is 5.76. The smallest absolute Gasteiger partial charge is 0.305 e. The van der Waals surface area contributed by atoms with Crippen LogP contribution in [0.15, 0.2) is 36.5 Å². The Bertz CT molecular complexity index is 1310. The maximum absolute atomic E-state index is 12.5. The number of allylic oxidation sites excluding steroid dienone is 5. The number of esters is 1. The summed E-state index contributed by atoms with van der Waals surface area (Å²) in [6, 6.07) is -0.630. The molecule has 478 valence electrons. The molecule has 0 aliphatic heterocycles. The second-order valence-corrected chi connectivity index (χ2v) is 25.3. The van der Waals surface area contributed by atoms with Crippen molar-refractivity contribution in [3.8, 4) is 0 Å². The quantitative estimate of drug-likeness (QED) is 0.0320. The van der Waals surface area contributed by atoms with Crippen molar-refractivity contribution in [3.63, 3.8) is 0 Å². The lowest BCUT2D eigenvalue weighted by molar-refractivity contribution is -0.143. The Morgan fingerprint density at radius 1 is 0.333 bits per heavy atom. The first kappa shape index (κ1) is 79.1. The zero-order valence-corrected chi connectivity index (χ0v) is 54.8. The van der Waals surface area contributed by atoms with E-state index >= 15 is 0 Å². The van der Waals surface area contributed by atoms with Gasteiger partial charge in [0.25, 0.3) is 0 Å². The number of unbranched alkanes of at least 4 members (excludes halogenated alkanes) is 54. The number of carbonyl (C=O) groups is 2. The Hall–Kier alpha value is -1.92. The van der Waals surface area contributed by atoms with Crippen molar-refractivity contribution in [1.29, 1.82) is 0 Å². The fourth-order valence-electron chi connectivity index (χ4n) is 11.5. The van der Waals surface area contributed by atoms with E-state index in [-0.39, 0.29) is 18.5 Å². The molecular formula is C75H143NO5. The van der Waals surface area contributed by atoms with Crippen LogP contribution in [0.4, 0.5) is 0 Å². The van der Waals surface area contributed by atoms with Gasteiger partial charge >= 0.3 is 5.97 Å². The lowest BCUT2D eigenvalue weighted by Gasteiger charge is -2.20. The highest BCUT2D eigenvalue weighted by atomic mass is 16.5. The van der Waals surface area contributed by atoms with E-state index in [9.17, 15) is 19.8 Å². The first-order valence-electron chi connectivity index (χ1n) is 36.8. The van der Waals surface area contributed by atoms with Crippen molar-refractivity contribution in [2.24, 2.45) is 0 Å². The normalized spacial score (nSPS) is 12.7. The van der Waals surface area contributed by atoms with Gasteiger partial charge in [-0.1, -0.05) is 346 Å². The molecule has 0 aliphatic rings. The molecule has 6 heteroatoms. The van der Waals surface area contributed by atoms with E-state index in [0.29, 0.717) is 19.4 Å². The maximum atomic E-state index is 12.5. The summed E-state index contributed by atoms with van der Waals surface area (Å²) in [5.41, 5.74) is 0. The van der Waals surface area contributed by atoms with Crippen LogP contribution < -0.4 is 5.32 Å². The molecule has 2 unspecified atom stereocenters. The molecule has 6 nitrogen and oxygen atoms in total. The van der Waals surface area contributed by atoms with Gasteiger partial charge in [0.1, 0.15) is 0 Å². The molecule has 0 heterocycles. The number of carbonyl (C=O) groups excluding carboxylic acids is 2. The Morgan fingerprint density at radius 3 is 0.901 bits per heavy atom.